The maximum absolute atomic E-state index is 14.3. The number of carbonyl (C=O) groups excluding carboxylic acids is 1. The van der Waals surface area contributed by atoms with Crippen molar-refractivity contribution in [2.75, 3.05) is 13.1 Å². The van der Waals surface area contributed by atoms with Crippen molar-refractivity contribution < 1.29 is 17.6 Å². The summed E-state index contributed by atoms with van der Waals surface area (Å²) in [6, 6.07) is 3.56. The molecular formula is C20H29FN2O3S. The number of sulfonamides is 1. The van der Waals surface area contributed by atoms with Crippen molar-refractivity contribution >= 4 is 15.9 Å². The molecule has 0 aromatic heterocycles. The van der Waals surface area contributed by atoms with E-state index in [1.165, 1.54) is 16.4 Å². The van der Waals surface area contributed by atoms with E-state index in [1.54, 1.807) is 0 Å². The Morgan fingerprint density at radius 3 is 2.37 bits per heavy atom. The molecule has 150 valence electrons. The van der Waals surface area contributed by atoms with E-state index in [4.69, 9.17) is 0 Å². The summed E-state index contributed by atoms with van der Waals surface area (Å²) in [5.41, 5.74) is -0.195. The van der Waals surface area contributed by atoms with Crippen molar-refractivity contribution in [1.29, 1.82) is 0 Å². The van der Waals surface area contributed by atoms with Gasteiger partial charge in [-0.1, -0.05) is 33.1 Å². The monoisotopic (exact) mass is 396 g/mol. The molecule has 2 atom stereocenters. The maximum Gasteiger partial charge on any atom is 0.254 e. The molecule has 1 saturated carbocycles. The van der Waals surface area contributed by atoms with Crippen molar-refractivity contribution in [1.82, 2.24) is 9.62 Å². The van der Waals surface area contributed by atoms with Crippen LogP contribution < -0.4 is 5.32 Å². The lowest BCUT2D eigenvalue weighted by Gasteiger charge is -2.34. The van der Waals surface area contributed by atoms with Crippen LogP contribution in [0.2, 0.25) is 0 Å². The summed E-state index contributed by atoms with van der Waals surface area (Å²) in [5.74, 6) is -0.671. The Hall–Kier alpha value is -1.47. The Labute approximate surface area is 161 Å². The first kappa shape index (κ1) is 20.3. The van der Waals surface area contributed by atoms with Gasteiger partial charge in [0.2, 0.25) is 10.0 Å². The number of carbonyl (C=O) groups is 1. The average Bonchev–Trinajstić information content (AvgIpc) is 2.62. The van der Waals surface area contributed by atoms with Gasteiger partial charge in [0.05, 0.1) is 10.5 Å². The van der Waals surface area contributed by atoms with Crippen LogP contribution >= 0.6 is 0 Å². The minimum atomic E-state index is -3.75. The Bertz CT molecular complexity index is 780. The normalized spacial score (nSPS) is 25.3. The summed E-state index contributed by atoms with van der Waals surface area (Å²) in [5, 5.41) is 2.86. The molecule has 1 amide bonds. The van der Waals surface area contributed by atoms with Crippen LogP contribution in [0.3, 0.4) is 0 Å². The maximum atomic E-state index is 14.3. The van der Waals surface area contributed by atoms with E-state index < -0.39 is 21.7 Å². The summed E-state index contributed by atoms with van der Waals surface area (Å²) >= 11 is 0. The van der Waals surface area contributed by atoms with Crippen molar-refractivity contribution in [3.05, 3.63) is 29.6 Å². The van der Waals surface area contributed by atoms with E-state index in [1.807, 2.05) is 13.8 Å². The van der Waals surface area contributed by atoms with Crippen LogP contribution in [0.25, 0.3) is 0 Å². The van der Waals surface area contributed by atoms with Gasteiger partial charge in [-0.3, -0.25) is 4.79 Å². The third-order valence-corrected chi connectivity index (χ3v) is 7.42. The molecule has 0 radical (unpaired) electrons. The smallest absolute Gasteiger partial charge is 0.254 e. The van der Waals surface area contributed by atoms with Crippen molar-refractivity contribution in [3.8, 4) is 0 Å². The predicted octanol–water partition coefficient (Wildman–Crippen LogP) is 3.55. The lowest BCUT2D eigenvalue weighted by Crippen LogP contribution is -2.42. The zero-order valence-corrected chi connectivity index (χ0v) is 16.9. The van der Waals surface area contributed by atoms with Gasteiger partial charge in [-0.05, 0) is 49.3 Å². The number of nitrogens with one attached hydrogen (secondary N) is 1. The van der Waals surface area contributed by atoms with Gasteiger partial charge in [-0.2, -0.15) is 4.31 Å². The molecule has 27 heavy (non-hydrogen) atoms. The standard InChI is InChI=1S/C20H29FN2O3S/c1-14-10-15(2)13-23(12-14)27(25,26)17-8-9-19(21)18(11-17)20(24)22-16-6-4-3-5-7-16/h8-9,11,14-16H,3-7,10,12-13H2,1-2H3,(H,22,24)/t14-,15-/m1/s1. The molecule has 0 unspecified atom stereocenters. The molecule has 1 heterocycles. The molecule has 0 bridgehead atoms. The van der Waals surface area contributed by atoms with E-state index in [9.17, 15) is 17.6 Å². The molecule has 5 nitrogen and oxygen atoms in total. The summed E-state index contributed by atoms with van der Waals surface area (Å²) in [7, 11) is -3.75. The Morgan fingerprint density at radius 2 is 1.74 bits per heavy atom. The van der Waals surface area contributed by atoms with Gasteiger partial charge in [0, 0.05) is 19.1 Å². The van der Waals surface area contributed by atoms with E-state index in [0.717, 1.165) is 44.6 Å². The molecule has 1 N–H and O–H groups in total. The molecule has 2 aliphatic rings. The van der Waals surface area contributed by atoms with Gasteiger partial charge in [-0.15, -0.1) is 0 Å². The molecule has 1 aliphatic heterocycles. The van der Waals surface area contributed by atoms with Crippen LogP contribution in [-0.2, 0) is 10.0 Å². The Morgan fingerprint density at radius 1 is 1.11 bits per heavy atom. The lowest BCUT2D eigenvalue weighted by molar-refractivity contribution is 0.0923. The number of piperidine rings is 1. The van der Waals surface area contributed by atoms with Crippen LogP contribution in [-0.4, -0.2) is 37.8 Å². The second-order valence-corrected chi connectivity index (χ2v) is 10.2. The van der Waals surface area contributed by atoms with Gasteiger partial charge in [-0.25, -0.2) is 12.8 Å². The number of rotatable bonds is 4. The number of hydrogen-bond acceptors (Lipinski definition) is 3. The third kappa shape index (κ3) is 4.69. The lowest BCUT2D eigenvalue weighted by atomic mass is 9.94. The molecule has 0 spiro atoms. The van der Waals surface area contributed by atoms with E-state index in [2.05, 4.69) is 5.32 Å². The summed E-state index contributed by atoms with van der Waals surface area (Å²) in [6.07, 6.45) is 6.01. The fraction of sp³-hybridized carbons (Fsp3) is 0.650. The van der Waals surface area contributed by atoms with Crippen LogP contribution in [0.4, 0.5) is 4.39 Å². The van der Waals surface area contributed by atoms with E-state index >= 15 is 0 Å². The average molecular weight is 397 g/mol. The topological polar surface area (TPSA) is 66.5 Å². The fourth-order valence-electron chi connectivity index (χ4n) is 4.30. The highest BCUT2D eigenvalue weighted by Gasteiger charge is 2.32. The second-order valence-electron chi connectivity index (χ2n) is 8.22. The van der Waals surface area contributed by atoms with Crippen LogP contribution in [0.1, 0.15) is 62.7 Å². The minimum absolute atomic E-state index is 0.0148. The van der Waals surface area contributed by atoms with Crippen molar-refractivity contribution in [3.63, 3.8) is 0 Å². The van der Waals surface area contributed by atoms with Gasteiger partial charge in [0.25, 0.3) is 5.91 Å². The predicted molar refractivity (Wildman–Crippen MR) is 102 cm³/mol. The Kier molecular flexibility index (Phi) is 6.21. The van der Waals surface area contributed by atoms with Gasteiger partial charge in [0.1, 0.15) is 5.82 Å². The summed E-state index contributed by atoms with van der Waals surface area (Å²) in [6.45, 7) is 4.97. The van der Waals surface area contributed by atoms with Crippen LogP contribution in [0.5, 0.6) is 0 Å². The van der Waals surface area contributed by atoms with E-state index in [-0.39, 0.29) is 28.3 Å². The number of amides is 1. The number of nitrogens with zero attached hydrogens (tertiary/aromatic N) is 1. The zero-order valence-electron chi connectivity index (χ0n) is 16.1. The van der Waals surface area contributed by atoms with Crippen LogP contribution in [0, 0.1) is 17.7 Å². The molecule has 1 saturated heterocycles. The Balaban J connectivity index is 1.82. The van der Waals surface area contributed by atoms with Gasteiger partial charge in [0.15, 0.2) is 0 Å². The number of hydrogen-bond donors (Lipinski definition) is 1. The SMILES string of the molecule is C[C@@H]1C[C@@H](C)CN(S(=O)(=O)c2ccc(F)c(C(=O)NC3CCCCC3)c2)C1. The first-order chi connectivity index (χ1) is 12.8. The van der Waals surface area contributed by atoms with Crippen molar-refractivity contribution in [2.45, 2.75) is 63.3 Å². The third-order valence-electron chi connectivity index (χ3n) is 5.60. The highest BCUT2D eigenvalue weighted by Crippen LogP contribution is 2.27. The van der Waals surface area contributed by atoms with Crippen molar-refractivity contribution in [2.24, 2.45) is 11.8 Å². The number of benzene rings is 1. The fourth-order valence-corrected chi connectivity index (χ4v) is 6.01. The second kappa shape index (κ2) is 8.27. The number of halogens is 1. The summed E-state index contributed by atoms with van der Waals surface area (Å²) < 4.78 is 41.8. The first-order valence-corrected chi connectivity index (χ1v) is 11.3. The van der Waals surface area contributed by atoms with Crippen LogP contribution in [0.15, 0.2) is 23.1 Å². The van der Waals surface area contributed by atoms with E-state index in [0.29, 0.717) is 13.1 Å². The molecule has 1 aromatic rings. The molecule has 1 aliphatic carbocycles. The molecular weight excluding hydrogens is 367 g/mol. The minimum Gasteiger partial charge on any atom is -0.349 e. The van der Waals surface area contributed by atoms with Gasteiger partial charge >= 0.3 is 0 Å². The largest absolute Gasteiger partial charge is 0.349 e. The highest BCUT2D eigenvalue weighted by atomic mass is 32.2. The molecule has 7 heteroatoms. The molecule has 3 rings (SSSR count). The van der Waals surface area contributed by atoms with Gasteiger partial charge < -0.3 is 5.32 Å². The zero-order chi connectivity index (χ0) is 19.6. The summed E-state index contributed by atoms with van der Waals surface area (Å²) in [4.78, 5) is 12.5. The molecule has 2 fully saturated rings. The quantitative estimate of drug-likeness (QED) is 0.846. The highest BCUT2D eigenvalue weighted by molar-refractivity contribution is 7.89. The first-order valence-electron chi connectivity index (χ1n) is 9.88. The molecule has 1 aromatic carbocycles.